The lowest BCUT2D eigenvalue weighted by Gasteiger charge is -2.14. The Bertz CT molecular complexity index is 520. The Morgan fingerprint density at radius 2 is 2.11 bits per heavy atom. The average Bonchev–Trinajstić information content (AvgIpc) is 2.31. The van der Waals surface area contributed by atoms with Crippen molar-refractivity contribution >= 4 is 21.6 Å². The average molecular weight is 307 g/mol. The SMILES string of the molecule is CNCc1ccc(Cl)c(S(=O)(=O)NC(C)COC)c1. The highest BCUT2D eigenvalue weighted by Crippen LogP contribution is 2.22. The van der Waals surface area contributed by atoms with Crippen LogP contribution in [0.4, 0.5) is 0 Å². The smallest absolute Gasteiger partial charge is 0.242 e. The predicted molar refractivity (Wildman–Crippen MR) is 75.9 cm³/mol. The molecule has 7 heteroatoms. The van der Waals surface area contributed by atoms with E-state index in [0.717, 1.165) is 5.56 Å². The highest BCUT2D eigenvalue weighted by atomic mass is 35.5. The van der Waals surface area contributed by atoms with Crippen LogP contribution in [0.15, 0.2) is 23.1 Å². The van der Waals surface area contributed by atoms with Crippen molar-refractivity contribution in [2.24, 2.45) is 0 Å². The maximum atomic E-state index is 12.2. The summed E-state index contributed by atoms with van der Waals surface area (Å²) in [5.41, 5.74) is 0.853. The molecule has 0 amide bonds. The van der Waals surface area contributed by atoms with Gasteiger partial charge in [-0.1, -0.05) is 17.7 Å². The van der Waals surface area contributed by atoms with Gasteiger partial charge in [0, 0.05) is 19.7 Å². The molecule has 0 aliphatic carbocycles. The van der Waals surface area contributed by atoms with Crippen molar-refractivity contribution in [3.63, 3.8) is 0 Å². The van der Waals surface area contributed by atoms with Crippen LogP contribution >= 0.6 is 11.6 Å². The van der Waals surface area contributed by atoms with Crippen molar-refractivity contribution in [2.45, 2.75) is 24.4 Å². The van der Waals surface area contributed by atoms with E-state index >= 15 is 0 Å². The predicted octanol–water partition coefficient (Wildman–Crippen LogP) is 1.37. The van der Waals surface area contributed by atoms with Crippen LogP contribution in [0.1, 0.15) is 12.5 Å². The molecule has 0 fully saturated rings. The van der Waals surface area contributed by atoms with E-state index in [1.165, 1.54) is 7.11 Å². The number of sulfonamides is 1. The first-order valence-corrected chi connectivity index (χ1v) is 7.71. The van der Waals surface area contributed by atoms with Crippen molar-refractivity contribution in [2.75, 3.05) is 20.8 Å². The largest absolute Gasteiger partial charge is 0.383 e. The fraction of sp³-hybridized carbons (Fsp3) is 0.500. The van der Waals surface area contributed by atoms with Gasteiger partial charge in [0.15, 0.2) is 0 Å². The summed E-state index contributed by atoms with van der Waals surface area (Å²) in [7, 11) is -0.330. The minimum Gasteiger partial charge on any atom is -0.383 e. The number of halogens is 1. The number of rotatable bonds is 7. The zero-order chi connectivity index (χ0) is 14.5. The molecule has 108 valence electrons. The van der Waals surface area contributed by atoms with Crippen LogP contribution in [0.2, 0.25) is 5.02 Å². The van der Waals surface area contributed by atoms with E-state index < -0.39 is 10.0 Å². The first kappa shape index (κ1) is 16.4. The Morgan fingerprint density at radius 1 is 1.42 bits per heavy atom. The van der Waals surface area contributed by atoms with E-state index in [4.69, 9.17) is 16.3 Å². The molecule has 2 N–H and O–H groups in total. The van der Waals surface area contributed by atoms with Gasteiger partial charge in [-0.2, -0.15) is 0 Å². The molecule has 0 radical (unpaired) electrons. The first-order chi connectivity index (χ1) is 8.90. The van der Waals surface area contributed by atoms with E-state index in [9.17, 15) is 8.42 Å². The van der Waals surface area contributed by atoms with Crippen LogP contribution in [0.25, 0.3) is 0 Å². The van der Waals surface area contributed by atoms with Crippen molar-refractivity contribution < 1.29 is 13.2 Å². The highest BCUT2D eigenvalue weighted by Gasteiger charge is 2.20. The third kappa shape index (κ3) is 4.74. The molecule has 1 aromatic carbocycles. The second kappa shape index (κ2) is 7.21. The van der Waals surface area contributed by atoms with Crippen molar-refractivity contribution in [1.82, 2.24) is 10.0 Å². The third-order valence-corrected chi connectivity index (χ3v) is 4.51. The normalized spacial score (nSPS) is 13.5. The molecule has 1 unspecified atom stereocenters. The number of benzene rings is 1. The van der Waals surface area contributed by atoms with Gasteiger partial charge in [0.25, 0.3) is 0 Å². The molecule has 5 nitrogen and oxygen atoms in total. The molecular weight excluding hydrogens is 288 g/mol. The molecule has 0 aliphatic heterocycles. The summed E-state index contributed by atoms with van der Waals surface area (Å²) in [6, 6.07) is 4.62. The topological polar surface area (TPSA) is 67.4 Å². The lowest BCUT2D eigenvalue weighted by molar-refractivity contribution is 0.180. The monoisotopic (exact) mass is 306 g/mol. The summed E-state index contributed by atoms with van der Waals surface area (Å²) in [6.45, 7) is 2.60. The van der Waals surface area contributed by atoms with Crippen LogP contribution in [0, 0.1) is 0 Å². The number of nitrogens with one attached hydrogen (secondary N) is 2. The quantitative estimate of drug-likeness (QED) is 0.798. The summed E-state index contributed by atoms with van der Waals surface area (Å²) in [4.78, 5) is 0.0878. The van der Waals surface area contributed by atoms with Gasteiger partial charge in [-0.3, -0.25) is 0 Å². The molecule has 0 spiro atoms. The molecule has 0 aromatic heterocycles. The Hall–Kier alpha value is -0.660. The van der Waals surface area contributed by atoms with Crippen LogP contribution in [-0.4, -0.2) is 35.2 Å². The van der Waals surface area contributed by atoms with E-state index in [0.29, 0.717) is 13.2 Å². The lowest BCUT2D eigenvalue weighted by atomic mass is 10.2. The molecule has 1 rings (SSSR count). The first-order valence-electron chi connectivity index (χ1n) is 5.85. The van der Waals surface area contributed by atoms with Gasteiger partial charge < -0.3 is 10.1 Å². The lowest BCUT2D eigenvalue weighted by Crippen LogP contribution is -2.35. The maximum Gasteiger partial charge on any atom is 0.242 e. The maximum absolute atomic E-state index is 12.2. The zero-order valence-electron chi connectivity index (χ0n) is 11.2. The molecule has 0 heterocycles. The second-order valence-corrected chi connectivity index (χ2v) is 6.36. The molecule has 0 aliphatic rings. The number of ether oxygens (including phenoxy) is 1. The van der Waals surface area contributed by atoms with Gasteiger partial charge in [-0.05, 0) is 31.7 Å². The van der Waals surface area contributed by atoms with Gasteiger partial charge in [0.1, 0.15) is 4.90 Å². The van der Waals surface area contributed by atoms with Crippen LogP contribution in [0.5, 0.6) is 0 Å². The fourth-order valence-corrected chi connectivity index (χ4v) is 3.46. The van der Waals surface area contributed by atoms with Gasteiger partial charge in [-0.25, -0.2) is 13.1 Å². The van der Waals surface area contributed by atoms with Crippen LogP contribution in [0.3, 0.4) is 0 Å². The van der Waals surface area contributed by atoms with E-state index in [1.54, 1.807) is 32.2 Å². The van der Waals surface area contributed by atoms with E-state index in [1.807, 2.05) is 0 Å². The summed E-state index contributed by atoms with van der Waals surface area (Å²) < 4.78 is 31.9. The van der Waals surface area contributed by atoms with Crippen molar-refractivity contribution in [3.05, 3.63) is 28.8 Å². The Labute approximate surface area is 119 Å². The summed E-state index contributed by atoms with van der Waals surface area (Å²) in [5.74, 6) is 0. The highest BCUT2D eigenvalue weighted by molar-refractivity contribution is 7.89. The minimum absolute atomic E-state index is 0.0878. The van der Waals surface area contributed by atoms with Crippen LogP contribution in [-0.2, 0) is 21.3 Å². The molecule has 0 bridgehead atoms. The van der Waals surface area contributed by atoms with Crippen molar-refractivity contribution in [3.8, 4) is 0 Å². The van der Waals surface area contributed by atoms with Crippen molar-refractivity contribution in [1.29, 1.82) is 0 Å². The van der Waals surface area contributed by atoms with Gasteiger partial charge in [0.2, 0.25) is 10.0 Å². The second-order valence-electron chi connectivity index (χ2n) is 4.27. The summed E-state index contributed by atoms with van der Waals surface area (Å²) in [5, 5.41) is 3.17. The Kier molecular flexibility index (Phi) is 6.22. The molecule has 1 aromatic rings. The number of hydrogen-bond donors (Lipinski definition) is 2. The summed E-state index contributed by atoms with van der Waals surface area (Å²) >= 11 is 5.97. The van der Waals surface area contributed by atoms with Gasteiger partial charge in [0.05, 0.1) is 11.6 Å². The Balaban J connectivity index is 3.02. The molecule has 1 atom stereocenters. The Morgan fingerprint density at radius 3 is 2.68 bits per heavy atom. The molecule has 19 heavy (non-hydrogen) atoms. The fourth-order valence-electron chi connectivity index (χ4n) is 1.68. The summed E-state index contributed by atoms with van der Waals surface area (Å²) in [6.07, 6.45) is 0. The molecule has 0 saturated carbocycles. The zero-order valence-corrected chi connectivity index (χ0v) is 12.8. The minimum atomic E-state index is -3.64. The van der Waals surface area contributed by atoms with E-state index in [2.05, 4.69) is 10.0 Å². The van der Waals surface area contributed by atoms with Crippen LogP contribution < -0.4 is 10.0 Å². The van der Waals surface area contributed by atoms with Gasteiger partial charge in [-0.15, -0.1) is 0 Å². The van der Waals surface area contributed by atoms with Gasteiger partial charge >= 0.3 is 0 Å². The number of hydrogen-bond acceptors (Lipinski definition) is 4. The standard InChI is InChI=1S/C12H19ClN2O3S/c1-9(8-18-3)15-19(16,17)12-6-10(7-14-2)4-5-11(12)13/h4-6,9,14-15H,7-8H2,1-3H3. The van der Waals surface area contributed by atoms with E-state index in [-0.39, 0.29) is 16.0 Å². The molecular formula is C12H19ClN2O3S. The third-order valence-electron chi connectivity index (χ3n) is 2.44. The molecule has 0 saturated heterocycles. The number of methoxy groups -OCH3 is 1.